The molecule has 1 N–H and O–H groups in total. The zero-order valence-electron chi connectivity index (χ0n) is 5.66. The van der Waals surface area contributed by atoms with Gasteiger partial charge in [-0.1, -0.05) is 0 Å². The van der Waals surface area contributed by atoms with Crippen LogP contribution in [0.15, 0.2) is 23.3 Å². The molecule has 4 heteroatoms. The maximum Gasteiger partial charge on any atom is 0.173 e. The Morgan fingerprint density at radius 3 is 2.60 bits per heavy atom. The van der Waals surface area contributed by atoms with Crippen LogP contribution in [0.3, 0.4) is 0 Å². The van der Waals surface area contributed by atoms with Crippen LogP contribution in [0, 0.1) is 0 Å². The van der Waals surface area contributed by atoms with Crippen LogP contribution < -0.4 is 5.32 Å². The highest BCUT2D eigenvalue weighted by molar-refractivity contribution is 7.94. The van der Waals surface area contributed by atoms with Gasteiger partial charge in [0.25, 0.3) is 0 Å². The fourth-order valence-electron chi connectivity index (χ4n) is 0.697. The molecule has 0 saturated carbocycles. The van der Waals surface area contributed by atoms with Gasteiger partial charge in [0.1, 0.15) is 0 Å². The Labute approximate surface area is 60.4 Å². The highest BCUT2D eigenvalue weighted by Crippen LogP contribution is 2.05. The molecule has 0 radical (unpaired) electrons. The van der Waals surface area contributed by atoms with Crippen LogP contribution in [-0.2, 0) is 9.84 Å². The Morgan fingerprint density at radius 1 is 1.60 bits per heavy atom. The summed E-state index contributed by atoms with van der Waals surface area (Å²) in [6.45, 7) is 0.412. The van der Waals surface area contributed by atoms with E-state index in [0.717, 1.165) is 0 Å². The van der Waals surface area contributed by atoms with Gasteiger partial charge in [0.2, 0.25) is 0 Å². The van der Waals surface area contributed by atoms with E-state index < -0.39 is 9.84 Å². The highest BCUT2D eigenvalue weighted by Gasteiger charge is 2.10. The summed E-state index contributed by atoms with van der Waals surface area (Å²) in [6, 6.07) is 0. The summed E-state index contributed by atoms with van der Waals surface area (Å²) in [7, 11) is -2.98. The summed E-state index contributed by atoms with van der Waals surface area (Å²) in [6.07, 6.45) is 6.21. The zero-order valence-corrected chi connectivity index (χ0v) is 6.48. The molecule has 0 fully saturated rings. The van der Waals surface area contributed by atoms with E-state index in [4.69, 9.17) is 0 Å². The Morgan fingerprint density at radius 2 is 2.30 bits per heavy atom. The molecule has 0 bridgehead atoms. The molecule has 10 heavy (non-hydrogen) atoms. The van der Waals surface area contributed by atoms with E-state index in [2.05, 4.69) is 5.32 Å². The highest BCUT2D eigenvalue weighted by atomic mass is 32.2. The maximum atomic E-state index is 10.8. The van der Waals surface area contributed by atoms with E-state index in [0.29, 0.717) is 11.4 Å². The first kappa shape index (κ1) is 7.34. The number of rotatable bonds is 1. The smallest absolute Gasteiger partial charge is 0.173 e. The minimum absolute atomic E-state index is 0.412. The van der Waals surface area contributed by atoms with Gasteiger partial charge in [-0.05, 0) is 18.4 Å². The van der Waals surface area contributed by atoms with E-state index in [1.54, 1.807) is 18.4 Å². The van der Waals surface area contributed by atoms with Crippen LogP contribution in [0.25, 0.3) is 0 Å². The molecular formula is C6H9NO2S. The maximum absolute atomic E-state index is 10.8. The Bertz CT molecular complexity index is 274. The van der Waals surface area contributed by atoms with Gasteiger partial charge in [0, 0.05) is 6.26 Å². The predicted molar refractivity (Wildman–Crippen MR) is 40.1 cm³/mol. The second-order valence-electron chi connectivity index (χ2n) is 2.15. The fourth-order valence-corrected chi connectivity index (χ4v) is 1.37. The van der Waals surface area contributed by atoms with Gasteiger partial charge < -0.3 is 5.32 Å². The molecule has 1 heterocycles. The first-order valence-corrected chi connectivity index (χ1v) is 4.79. The number of hydrogen-bond acceptors (Lipinski definition) is 3. The Hall–Kier alpha value is -0.770. The average molecular weight is 159 g/mol. The summed E-state index contributed by atoms with van der Waals surface area (Å²) in [4.78, 5) is 0.440. The van der Waals surface area contributed by atoms with Crippen LogP contribution in [-0.4, -0.2) is 21.2 Å². The molecular weight excluding hydrogens is 150 g/mol. The normalized spacial score (nSPS) is 17.9. The topological polar surface area (TPSA) is 46.2 Å². The molecule has 1 aliphatic heterocycles. The van der Waals surface area contributed by atoms with Crippen molar-refractivity contribution in [3.8, 4) is 0 Å². The van der Waals surface area contributed by atoms with Crippen LogP contribution in [0.4, 0.5) is 0 Å². The second-order valence-corrected chi connectivity index (χ2v) is 4.21. The molecule has 0 aliphatic carbocycles. The third-order valence-electron chi connectivity index (χ3n) is 1.25. The molecule has 1 aliphatic rings. The van der Waals surface area contributed by atoms with Crippen molar-refractivity contribution >= 4 is 9.84 Å². The Kier molecular flexibility index (Phi) is 1.80. The lowest BCUT2D eigenvalue weighted by atomic mass is 10.4. The predicted octanol–water partition coefficient (Wildman–Crippen LogP) is 0.0318. The van der Waals surface area contributed by atoms with Crippen molar-refractivity contribution in [2.45, 2.75) is 0 Å². The molecule has 0 aromatic carbocycles. The lowest BCUT2D eigenvalue weighted by molar-refractivity contribution is 0.606. The standard InChI is InChI=1S/C6H9NO2S/c1-10(8,9)6-3-2-4-7-5-6/h2-4,7H,5H2,1H3. The number of dihydropyridines is 1. The van der Waals surface area contributed by atoms with Gasteiger partial charge in [-0.2, -0.15) is 0 Å². The molecule has 1 rings (SSSR count). The van der Waals surface area contributed by atoms with Gasteiger partial charge in [0.15, 0.2) is 9.84 Å². The van der Waals surface area contributed by atoms with Crippen LogP contribution in [0.5, 0.6) is 0 Å². The first-order valence-electron chi connectivity index (χ1n) is 2.90. The molecule has 0 spiro atoms. The zero-order chi connectivity index (χ0) is 7.61. The van der Waals surface area contributed by atoms with Gasteiger partial charge in [-0.15, -0.1) is 0 Å². The molecule has 56 valence electrons. The third-order valence-corrected chi connectivity index (χ3v) is 2.48. The van der Waals surface area contributed by atoms with Crippen molar-refractivity contribution in [2.24, 2.45) is 0 Å². The van der Waals surface area contributed by atoms with Crippen molar-refractivity contribution in [1.82, 2.24) is 5.32 Å². The Balaban J connectivity index is 2.93. The van der Waals surface area contributed by atoms with Crippen LogP contribution in [0.2, 0.25) is 0 Å². The van der Waals surface area contributed by atoms with Crippen molar-refractivity contribution in [3.05, 3.63) is 23.3 Å². The molecule has 0 atom stereocenters. The van der Waals surface area contributed by atoms with E-state index >= 15 is 0 Å². The number of nitrogens with one attached hydrogen (secondary N) is 1. The minimum atomic E-state index is -2.98. The van der Waals surface area contributed by atoms with Gasteiger partial charge in [0.05, 0.1) is 11.4 Å². The molecule has 0 unspecified atom stereocenters. The third kappa shape index (κ3) is 1.60. The first-order chi connectivity index (χ1) is 4.61. The van der Waals surface area contributed by atoms with Crippen molar-refractivity contribution in [1.29, 1.82) is 0 Å². The number of allylic oxidation sites excluding steroid dienone is 2. The van der Waals surface area contributed by atoms with Crippen molar-refractivity contribution in [2.75, 3.05) is 12.8 Å². The molecule has 0 saturated heterocycles. The summed E-state index contributed by atoms with van der Waals surface area (Å²) in [5.41, 5.74) is 0. The molecule has 0 aromatic rings. The lowest BCUT2D eigenvalue weighted by Gasteiger charge is -2.07. The summed E-state index contributed by atoms with van der Waals surface area (Å²) in [5.74, 6) is 0. The molecule has 3 nitrogen and oxygen atoms in total. The van der Waals surface area contributed by atoms with Gasteiger partial charge >= 0.3 is 0 Å². The number of hydrogen-bond donors (Lipinski definition) is 1. The quantitative estimate of drug-likeness (QED) is 0.587. The van der Waals surface area contributed by atoms with E-state index in [-0.39, 0.29) is 0 Å². The summed E-state index contributed by atoms with van der Waals surface area (Å²) >= 11 is 0. The monoisotopic (exact) mass is 159 g/mol. The summed E-state index contributed by atoms with van der Waals surface area (Å²) in [5, 5.41) is 2.81. The summed E-state index contributed by atoms with van der Waals surface area (Å²) < 4.78 is 21.7. The SMILES string of the molecule is CS(=O)(=O)C1=CC=CNC1. The van der Waals surface area contributed by atoms with Gasteiger partial charge in [-0.25, -0.2) is 8.42 Å². The number of sulfone groups is 1. The van der Waals surface area contributed by atoms with E-state index in [1.165, 1.54) is 6.26 Å². The molecule has 0 amide bonds. The lowest BCUT2D eigenvalue weighted by Crippen LogP contribution is -2.17. The van der Waals surface area contributed by atoms with Crippen molar-refractivity contribution < 1.29 is 8.42 Å². The van der Waals surface area contributed by atoms with E-state index in [9.17, 15) is 8.42 Å². The minimum Gasteiger partial charge on any atom is -0.386 e. The average Bonchev–Trinajstić information content (AvgIpc) is 1.88. The second kappa shape index (κ2) is 2.46. The van der Waals surface area contributed by atoms with Crippen LogP contribution in [0.1, 0.15) is 0 Å². The van der Waals surface area contributed by atoms with E-state index in [1.807, 2.05) is 0 Å². The fraction of sp³-hybridized carbons (Fsp3) is 0.333. The largest absolute Gasteiger partial charge is 0.386 e. The van der Waals surface area contributed by atoms with Gasteiger partial charge in [-0.3, -0.25) is 0 Å². The van der Waals surface area contributed by atoms with Crippen LogP contribution >= 0.6 is 0 Å². The molecule has 0 aromatic heterocycles. The van der Waals surface area contributed by atoms with Crippen molar-refractivity contribution in [3.63, 3.8) is 0 Å².